The Morgan fingerprint density at radius 3 is 2.71 bits per heavy atom. The van der Waals surface area contributed by atoms with E-state index >= 15 is 0 Å². The molecule has 2 heterocycles. The molecule has 0 spiro atoms. The molecule has 0 unspecified atom stereocenters. The van der Waals surface area contributed by atoms with E-state index in [9.17, 15) is 4.79 Å². The van der Waals surface area contributed by atoms with Crippen LogP contribution in [-0.4, -0.2) is 23.7 Å². The van der Waals surface area contributed by atoms with Gasteiger partial charge >= 0.3 is 0 Å². The smallest absolute Gasteiger partial charge is 0.267 e. The lowest BCUT2D eigenvalue weighted by molar-refractivity contribution is -0.115. The third-order valence-corrected chi connectivity index (χ3v) is 5.04. The molecule has 0 radical (unpaired) electrons. The molecule has 0 N–H and O–H groups in total. The number of aromatic nitrogens is 1. The van der Waals surface area contributed by atoms with Gasteiger partial charge in [-0.05, 0) is 43.2 Å². The average molecular weight is 374 g/mol. The van der Waals surface area contributed by atoms with Crippen LogP contribution in [0.15, 0.2) is 54.7 Å². The molecule has 1 fully saturated rings. The standard InChI is InChI=1S/C23H22N2O3/c1-17(10-11-18-12-13-20-21(15-18)28-16-27-20)23(26)25(19-7-3-2-4-8-19)22-9-5-6-14-24-22/h5-6,9,12-15,19H,1-4,7-8,16H2. The van der Waals surface area contributed by atoms with Gasteiger partial charge in [-0.25, -0.2) is 4.98 Å². The van der Waals surface area contributed by atoms with Crippen LogP contribution in [0.25, 0.3) is 0 Å². The molecule has 142 valence electrons. The summed E-state index contributed by atoms with van der Waals surface area (Å²) in [6.45, 7) is 4.15. The lowest BCUT2D eigenvalue weighted by atomic mass is 9.93. The first-order chi connectivity index (χ1) is 13.7. The van der Waals surface area contributed by atoms with E-state index in [2.05, 4.69) is 23.4 Å². The normalized spacial score (nSPS) is 15.4. The van der Waals surface area contributed by atoms with Crippen molar-refractivity contribution < 1.29 is 14.3 Å². The van der Waals surface area contributed by atoms with E-state index in [1.54, 1.807) is 11.1 Å². The number of benzene rings is 1. The molecule has 1 aliphatic carbocycles. The summed E-state index contributed by atoms with van der Waals surface area (Å²) in [5, 5.41) is 0. The molecule has 2 aromatic rings. The van der Waals surface area contributed by atoms with Gasteiger partial charge in [-0.2, -0.15) is 0 Å². The van der Waals surface area contributed by atoms with Gasteiger partial charge < -0.3 is 9.47 Å². The molecule has 2 aliphatic rings. The fourth-order valence-corrected chi connectivity index (χ4v) is 3.61. The summed E-state index contributed by atoms with van der Waals surface area (Å²) in [5.74, 6) is 7.78. The van der Waals surface area contributed by atoms with Gasteiger partial charge in [0.2, 0.25) is 6.79 Å². The van der Waals surface area contributed by atoms with Crippen LogP contribution in [0.2, 0.25) is 0 Å². The van der Waals surface area contributed by atoms with Crippen molar-refractivity contribution in [2.75, 3.05) is 11.7 Å². The molecule has 1 aromatic carbocycles. The van der Waals surface area contributed by atoms with Gasteiger partial charge in [0.1, 0.15) is 5.82 Å². The lowest BCUT2D eigenvalue weighted by Crippen LogP contribution is -2.42. The highest BCUT2D eigenvalue weighted by Gasteiger charge is 2.28. The highest BCUT2D eigenvalue weighted by atomic mass is 16.7. The number of nitrogens with zero attached hydrogens (tertiary/aromatic N) is 2. The van der Waals surface area contributed by atoms with E-state index in [4.69, 9.17) is 9.47 Å². The van der Waals surface area contributed by atoms with Gasteiger partial charge in [0.15, 0.2) is 11.5 Å². The molecule has 28 heavy (non-hydrogen) atoms. The van der Waals surface area contributed by atoms with Crippen molar-refractivity contribution in [2.45, 2.75) is 38.1 Å². The van der Waals surface area contributed by atoms with Crippen LogP contribution in [0.1, 0.15) is 37.7 Å². The highest BCUT2D eigenvalue weighted by molar-refractivity contribution is 6.08. The first-order valence-corrected chi connectivity index (χ1v) is 9.57. The third kappa shape index (κ3) is 3.86. The number of hydrogen-bond donors (Lipinski definition) is 0. The third-order valence-electron chi connectivity index (χ3n) is 5.04. The van der Waals surface area contributed by atoms with Crippen molar-refractivity contribution >= 4 is 11.7 Å². The van der Waals surface area contributed by atoms with Gasteiger partial charge in [-0.3, -0.25) is 9.69 Å². The molecule has 1 saturated carbocycles. The van der Waals surface area contributed by atoms with Crippen molar-refractivity contribution in [1.82, 2.24) is 4.98 Å². The van der Waals surface area contributed by atoms with Gasteiger partial charge in [0.25, 0.3) is 5.91 Å². The number of amides is 1. The van der Waals surface area contributed by atoms with E-state index < -0.39 is 0 Å². The summed E-state index contributed by atoms with van der Waals surface area (Å²) < 4.78 is 10.7. The predicted octanol–water partition coefficient (Wildman–Crippen LogP) is 4.08. The monoisotopic (exact) mass is 374 g/mol. The topological polar surface area (TPSA) is 51.7 Å². The van der Waals surface area contributed by atoms with Crippen molar-refractivity contribution in [3.05, 3.63) is 60.3 Å². The molecule has 5 heteroatoms. The molecular weight excluding hydrogens is 352 g/mol. The summed E-state index contributed by atoms with van der Waals surface area (Å²) in [4.78, 5) is 19.4. The van der Waals surface area contributed by atoms with Crippen molar-refractivity contribution in [3.63, 3.8) is 0 Å². The fourth-order valence-electron chi connectivity index (χ4n) is 3.61. The Kier molecular flexibility index (Phi) is 5.29. The Bertz CT molecular complexity index is 937. The second kappa shape index (κ2) is 8.18. The number of pyridine rings is 1. The Morgan fingerprint density at radius 2 is 1.93 bits per heavy atom. The Labute approximate surface area is 165 Å². The van der Waals surface area contributed by atoms with E-state index in [1.807, 2.05) is 36.4 Å². The number of hydrogen-bond acceptors (Lipinski definition) is 4. The summed E-state index contributed by atoms with van der Waals surface area (Å²) in [7, 11) is 0. The fraction of sp³-hybridized carbons (Fsp3) is 0.304. The maximum Gasteiger partial charge on any atom is 0.267 e. The van der Waals surface area contributed by atoms with Crippen molar-refractivity contribution in [1.29, 1.82) is 0 Å². The quantitative estimate of drug-likeness (QED) is 0.600. The first-order valence-electron chi connectivity index (χ1n) is 9.57. The van der Waals surface area contributed by atoms with Crippen LogP contribution in [0.5, 0.6) is 11.5 Å². The number of fused-ring (bicyclic) bond motifs is 1. The molecule has 4 rings (SSSR count). The molecule has 1 amide bonds. The van der Waals surface area contributed by atoms with Crippen molar-refractivity contribution in [2.24, 2.45) is 0 Å². The van der Waals surface area contributed by atoms with Gasteiger partial charge in [0, 0.05) is 17.8 Å². The minimum atomic E-state index is -0.182. The molecule has 0 atom stereocenters. The Hall–Kier alpha value is -3.26. The molecule has 1 aromatic heterocycles. The number of anilines is 1. The van der Waals surface area contributed by atoms with Crippen LogP contribution in [0.4, 0.5) is 5.82 Å². The first kappa shape index (κ1) is 18.1. The molecule has 1 aliphatic heterocycles. The lowest BCUT2D eigenvalue weighted by Gasteiger charge is -2.33. The second-order valence-electron chi connectivity index (χ2n) is 6.95. The van der Waals surface area contributed by atoms with E-state index in [0.717, 1.165) is 31.2 Å². The predicted molar refractivity (Wildman–Crippen MR) is 107 cm³/mol. The zero-order chi connectivity index (χ0) is 19.3. The molecule has 0 saturated heterocycles. The highest BCUT2D eigenvalue weighted by Crippen LogP contribution is 2.32. The van der Waals surface area contributed by atoms with E-state index in [-0.39, 0.29) is 24.3 Å². The van der Waals surface area contributed by atoms with Crippen LogP contribution >= 0.6 is 0 Å². The molecule has 0 bridgehead atoms. The summed E-state index contributed by atoms with van der Waals surface area (Å²) in [5.41, 5.74) is 1.01. The average Bonchev–Trinajstić information content (AvgIpc) is 3.21. The van der Waals surface area contributed by atoms with Crippen LogP contribution < -0.4 is 14.4 Å². The van der Waals surface area contributed by atoms with Crippen LogP contribution in [0, 0.1) is 11.8 Å². The number of carbonyl (C=O) groups is 1. The second-order valence-corrected chi connectivity index (χ2v) is 6.95. The largest absolute Gasteiger partial charge is 0.454 e. The van der Waals surface area contributed by atoms with Gasteiger partial charge in [-0.1, -0.05) is 43.7 Å². The molecule has 5 nitrogen and oxygen atoms in total. The van der Waals surface area contributed by atoms with Gasteiger partial charge in [0.05, 0.1) is 5.57 Å². The minimum Gasteiger partial charge on any atom is -0.454 e. The van der Waals surface area contributed by atoms with Crippen LogP contribution in [0.3, 0.4) is 0 Å². The number of rotatable bonds is 3. The Morgan fingerprint density at radius 1 is 1.11 bits per heavy atom. The zero-order valence-corrected chi connectivity index (χ0v) is 15.7. The van der Waals surface area contributed by atoms with E-state index in [0.29, 0.717) is 17.3 Å². The molecular formula is C23H22N2O3. The number of carbonyl (C=O) groups excluding carboxylic acids is 1. The SMILES string of the molecule is C=C(C#Cc1ccc2c(c1)OCO2)C(=O)N(c1ccccn1)C1CCCCC1. The summed E-state index contributed by atoms with van der Waals surface area (Å²) >= 11 is 0. The van der Waals surface area contributed by atoms with Gasteiger partial charge in [-0.15, -0.1) is 0 Å². The van der Waals surface area contributed by atoms with E-state index in [1.165, 1.54) is 6.42 Å². The summed E-state index contributed by atoms with van der Waals surface area (Å²) in [6, 6.07) is 11.2. The van der Waals surface area contributed by atoms with Crippen molar-refractivity contribution in [3.8, 4) is 23.3 Å². The summed E-state index contributed by atoms with van der Waals surface area (Å²) in [6.07, 6.45) is 7.12. The number of ether oxygens (including phenoxy) is 2. The Balaban J connectivity index is 1.56. The minimum absolute atomic E-state index is 0.139. The van der Waals surface area contributed by atoms with Crippen LogP contribution in [-0.2, 0) is 4.79 Å². The maximum absolute atomic E-state index is 13.2. The zero-order valence-electron chi connectivity index (χ0n) is 15.7. The maximum atomic E-state index is 13.2.